The molecule has 206 valence electrons. The van der Waals surface area contributed by atoms with Gasteiger partial charge in [-0.25, -0.2) is 0 Å². The number of nitrogens with zero attached hydrogens (tertiary/aromatic N) is 1. The summed E-state index contributed by atoms with van der Waals surface area (Å²) in [6.07, 6.45) is 4.94. The van der Waals surface area contributed by atoms with E-state index in [0.717, 1.165) is 37.0 Å². The molecule has 0 bridgehead atoms. The maximum Gasteiger partial charge on any atom is 0.309 e. The van der Waals surface area contributed by atoms with Gasteiger partial charge >= 0.3 is 5.97 Å². The molecule has 0 aliphatic carbocycles. The van der Waals surface area contributed by atoms with Crippen LogP contribution in [0.5, 0.6) is 0 Å². The topological polar surface area (TPSA) is 109 Å². The van der Waals surface area contributed by atoms with Crippen LogP contribution in [0.15, 0.2) is 30.0 Å². The van der Waals surface area contributed by atoms with E-state index in [0.29, 0.717) is 12.8 Å². The van der Waals surface area contributed by atoms with Crippen LogP contribution in [0.1, 0.15) is 92.2 Å². The highest BCUT2D eigenvalue weighted by Crippen LogP contribution is 2.45. The molecule has 7 nitrogen and oxygen atoms in total. The van der Waals surface area contributed by atoms with Crippen LogP contribution in [0, 0.1) is 17.3 Å². The van der Waals surface area contributed by atoms with Crippen LogP contribution in [0.2, 0.25) is 0 Å². The fourth-order valence-electron chi connectivity index (χ4n) is 5.49. The number of aliphatic hydroxyl groups is 2. The minimum absolute atomic E-state index is 0.0544. The van der Waals surface area contributed by atoms with Gasteiger partial charge in [0.05, 0.1) is 41.4 Å². The average molecular weight is 516 g/mol. The molecule has 2 N–H and O–H groups in total. The van der Waals surface area contributed by atoms with Gasteiger partial charge in [-0.3, -0.25) is 14.6 Å². The number of cyclic esters (lactones) is 1. The number of epoxide rings is 1. The summed E-state index contributed by atoms with van der Waals surface area (Å²) in [7, 11) is 0. The second kappa shape index (κ2) is 12.2. The number of pyridine rings is 1. The summed E-state index contributed by atoms with van der Waals surface area (Å²) in [5.41, 5.74) is 0.0977. The summed E-state index contributed by atoms with van der Waals surface area (Å²) < 4.78 is 12.0. The third-order valence-corrected chi connectivity index (χ3v) is 8.40. The lowest BCUT2D eigenvalue weighted by molar-refractivity contribution is -0.154. The number of Topliss-reactive ketones (excluding diaryl/α,β-unsaturated/α-hetero) is 1. The van der Waals surface area contributed by atoms with Crippen LogP contribution in [-0.2, 0) is 19.1 Å². The van der Waals surface area contributed by atoms with Crippen LogP contribution in [0.3, 0.4) is 0 Å². The molecule has 0 aromatic carbocycles. The zero-order valence-electron chi connectivity index (χ0n) is 23.3. The van der Waals surface area contributed by atoms with Crippen molar-refractivity contribution in [3.8, 4) is 0 Å². The van der Waals surface area contributed by atoms with Gasteiger partial charge in [0.15, 0.2) is 0 Å². The number of carbonyl (C=O) groups is 2. The van der Waals surface area contributed by atoms with Crippen LogP contribution in [-0.4, -0.2) is 57.0 Å². The highest BCUT2D eigenvalue weighted by atomic mass is 16.6. The van der Waals surface area contributed by atoms with E-state index in [4.69, 9.17) is 9.47 Å². The van der Waals surface area contributed by atoms with Crippen molar-refractivity contribution >= 4 is 17.8 Å². The number of carbonyl (C=O) groups excluding carboxylic acids is 2. The van der Waals surface area contributed by atoms with Gasteiger partial charge in [-0.1, -0.05) is 46.6 Å². The molecule has 2 fully saturated rings. The van der Waals surface area contributed by atoms with Gasteiger partial charge in [0.1, 0.15) is 11.9 Å². The first-order valence-corrected chi connectivity index (χ1v) is 13.8. The Labute approximate surface area is 221 Å². The first-order valence-electron chi connectivity index (χ1n) is 13.8. The maximum atomic E-state index is 13.6. The van der Waals surface area contributed by atoms with Gasteiger partial charge in [-0.15, -0.1) is 0 Å². The van der Waals surface area contributed by atoms with Gasteiger partial charge in [0, 0.05) is 18.5 Å². The van der Waals surface area contributed by atoms with Crippen LogP contribution < -0.4 is 0 Å². The van der Waals surface area contributed by atoms with Crippen molar-refractivity contribution in [1.82, 2.24) is 4.98 Å². The maximum absolute atomic E-state index is 13.6. The number of esters is 1. The zero-order valence-corrected chi connectivity index (χ0v) is 23.3. The molecule has 0 saturated carbocycles. The van der Waals surface area contributed by atoms with Gasteiger partial charge in [-0.2, -0.15) is 0 Å². The van der Waals surface area contributed by atoms with E-state index in [1.54, 1.807) is 20.0 Å². The molecule has 1 aromatic rings. The third kappa shape index (κ3) is 7.27. The normalized spacial score (nSPS) is 35.9. The highest BCUT2D eigenvalue weighted by molar-refractivity contribution is 5.88. The zero-order chi connectivity index (χ0) is 27.4. The minimum atomic E-state index is -1.23. The van der Waals surface area contributed by atoms with Crippen molar-refractivity contribution in [1.29, 1.82) is 0 Å². The number of ketones is 1. The van der Waals surface area contributed by atoms with E-state index in [1.165, 1.54) is 0 Å². The molecule has 3 heterocycles. The lowest BCUT2D eigenvalue weighted by Gasteiger charge is -2.36. The fraction of sp³-hybridized carbons (Fsp3) is 0.700. The molecule has 0 spiro atoms. The summed E-state index contributed by atoms with van der Waals surface area (Å²) in [6.45, 7) is 11.3. The van der Waals surface area contributed by atoms with Crippen LogP contribution in [0.4, 0.5) is 0 Å². The fourth-order valence-corrected chi connectivity index (χ4v) is 5.49. The first kappa shape index (κ1) is 29.5. The molecule has 7 atom stereocenters. The molecular formula is C30H45NO6. The van der Waals surface area contributed by atoms with Gasteiger partial charge < -0.3 is 19.7 Å². The molecule has 2 aliphatic rings. The van der Waals surface area contributed by atoms with E-state index < -0.39 is 35.6 Å². The van der Waals surface area contributed by atoms with Crippen LogP contribution in [0.25, 0.3) is 6.08 Å². The number of aliphatic hydroxyl groups excluding tert-OH is 2. The SMILES string of the molecule is CCC[C@H]1C(=O)C(C)(C)[C@@H](O)CC(=O)O[C@H](C(C)=Cc2ccccn2)C[C@@H]2O[C@]2(C)CCC[C@H](C)[C@@H]1O. The van der Waals surface area contributed by atoms with Gasteiger partial charge in [-0.05, 0) is 62.8 Å². The third-order valence-electron chi connectivity index (χ3n) is 8.40. The molecule has 2 saturated heterocycles. The molecule has 1 aromatic heterocycles. The van der Waals surface area contributed by atoms with Crippen molar-refractivity contribution in [3.05, 3.63) is 35.7 Å². The molecule has 7 heteroatoms. The Morgan fingerprint density at radius 1 is 1.22 bits per heavy atom. The number of ether oxygens (including phenoxy) is 2. The summed E-state index contributed by atoms with van der Waals surface area (Å²) in [5, 5.41) is 22.2. The number of fused-ring (bicyclic) bond motifs is 1. The lowest BCUT2D eigenvalue weighted by atomic mass is 9.71. The molecular weight excluding hydrogens is 470 g/mol. The Morgan fingerprint density at radius 2 is 1.95 bits per heavy atom. The van der Waals surface area contributed by atoms with Crippen LogP contribution >= 0.6 is 0 Å². The van der Waals surface area contributed by atoms with Crippen molar-refractivity contribution in [2.45, 2.75) is 117 Å². The Kier molecular flexibility index (Phi) is 9.70. The quantitative estimate of drug-likeness (QED) is 0.434. The summed E-state index contributed by atoms with van der Waals surface area (Å²) in [5.74, 6) is -1.43. The predicted molar refractivity (Wildman–Crippen MR) is 142 cm³/mol. The van der Waals surface area contributed by atoms with E-state index >= 15 is 0 Å². The van der Waals surface area contributed by atoms with E-state index in [1.807, 2.05) is 45.0 Å². The van der Waals surface area contributed by atoms with Crippen molar-refractivity contribution < 1.29 is 29.3 Å². The second-order valence-corrected chi connectivity index (χ2v) is 11.8. The molecule has 0 unspecified atom stereocenters. The molecule has 0 amide bonds. The smallest absolute Gasteiger partial charge is 0.309 e. The van der Waals surface area contributed by atoms with E-state index in [2.05, 4.69) is 11.9 Å². The molecule has 0 radical (unpaired) electrons. The first-order chi connectivity index (χ1) is 17.4. The molecule has 37 heavy (non-hydrogen) atoms. The Hall–Kier alpha value is -2.09. The van der Waals surface area contributed by atoms with E-state index in [-0.39, 0.29) is 29.8 Å². The lowest BCUT2D eigenvalue weighted by Crippen LogP contribution is -2.46. The van der Waals surface area contributed by atoms with Gasteiger partial charge in [0.2, 0.25) is 0 Å². The summed E-state index contributed by atoms with van der Waals surface area (Å²) in [4.78, 5) is 31.0. The average Bonchev–Trinajstić information content (AvgIpc) is 3.49. The highest BCUT2D eigenvalue weighted by Gasteiger charge is 2.53. The Morgan fingerprint density at radius 3 is 2.59 bits per heavy atom. The largest absolute Gasteiger partial charge is 0.458 e. The standard InChI is InChI=1S/C30H45NO6/c1-7-11-22-27(34)19(2)12-10-14-30(6)25(37-30)17-23(20(3)16-21-13-8-9-15-31-21)36-26(33)18-24(32)29(4,5)28(22)35/h8-9,13,15-16,19,22-25,27,32,34H,7,10-12,14,17-18H2,1-6H3/t19-,22+,23-,24-,25-,27-,30+/m0/s1. The Bertz CT molecular complexity index is 960. The molecule has 3 rings (SSSR count). The second-order valence-electron chi connectivity index (χ2n) is 11.8. The number of rotatable bonds is 4. The summed E-state index contributed by atoms with van der Waals surface area (Å²) in [6, 6.07) is 5.63. The van der Waals surface area contributed by atoms with Crippen molar-refractivity contribution in [2.75, 3.05) is 0 Å². The van der Waals surface area contributed by atoms with Gasteiger partial charge in [0.25, 0.3) is 0 Å². The molecule has 2 aliphatic heterocycles. The van der Waals surface area contributed by atoms with Crippen molar-refractivity contribution in [2.24, 2.45) is 17.3 Å². The number of hydrogen-bond acceptors (Lipinski definition) is 7. The van der Waals surface area contributed by atoms with Crippen molar-refractivity contribution in [3.63, 3.8) is 0 Å². The monoisotopic (exact) mass is 515 g/mol. The minimum Gasteiger partial charge on any atom is -0.458 e. The summed E-state index contributed by atoms with van der Waals surface area (Å²) >= 11 is 0. The Balaban J connectivity index is 1.88. The predicted octanol–water partition coefficient (Wildman–Crippen LogP) is 4.89. The number of aromatic nitrogens is 1. The van der Waals surface area contributed by atoms with E-state index in [9.17, 15) is 19.8 Å². The number of hydrogen-bond donors (Lipinski definition) is 2.